The van der Waals surface area contributed by atoms with Crippen LogP contribution in [0.15, 0.2) is 28.1 Å². The summed E-state index contributed by atoms with van der Waals surface area (Å²) in [5.74, 6) is -0.508. The molecule has 0 saturated carbocycles. The number of aryl methyl sites for hydroxylation is 1. The van der Waals surface area contributed by atoms with E-state index in [4.69, 9.17) is 4.74 Å². The van der Waals surface area contributed by atoms with Crippen LogP contribution < -0.4 is 0 Å². The number of nitrogens with zero attached hydrogens (tertiary/aromatic N) is 2. The molecule has 1 aromatic carbocycles. The van der Waals surface area contributed by atoms with E-state index in [0.717, 1.165) is 16.4 Å². The standard InChI is InChI=1S/C12H13FN2O4S/c1-9-6-10(13)2-3-11(9)20(17,18)15-4-5-19-7-12(15)14-8-16/h2-3,6,12H,4-5,7H2,1H3. The molecule has 1 atom stereocenters. The van der Waals surface area contributed by atoms with Crippen molar-refractivity contribution in [2.24, 2.45) is 4.99 Å². The molecular formula is C12H13FN2O4S. The summed E-state index contributed by atoms with van der Waals surface area (Å²) < 4.78 is 44.4. The predicted molar refractivity (Wildman–Crippen MR) is 67.8 cm³/mol. The van der Waals surface area contributed by atoms with E-state index in [-0.39, 0.29) is 24.7 Å². The van der Waals surface area contributed by atoms with Gasteiger partial charge in [-0.05, 0) is 30.7 Å². The van der Waals surface area contributed by atoms with E-state index in [1.54, 1.807) is 0 Å². The normalized spacial score (nSPS) is 20.4. The van der Waals surface area contributed by atoms with Crippen molar-refractivity contribution in [3.05, 3.63) is 29.6 Å². The fraction of sp³-hybridized carbons (Fsp3) is 0.417. The molecule has 8 heteroatoms. The molecule has 0 bridgehead atoms. The van der Waals surface area contributed by atoms with Gasteiger partial charge in [-0.25, -0.2) is 17.6 Å². The SMILES string of the molecule is Cc1cc(F)ccc1S(=O)(=O)N1CCOCC1N=C=O. The lowest BCUT2D eigenvalue weighted by Crippen LogP contribution is -2.47. The number of benzene rings is 1. The summed E-state index contributed by atoms with van der Waals surface area (Å²) in [6.45, 7) is 1.79. The average Bonchev–Trinajstić information content (AvgIpc) is 2.39. The zero-order valence-electron chi connectivity index (χ0n) is 10.7. The van der Waals surface area contributed by atoms with Gasteiger partial charge in [0.2, 0.25) is 16.1 Å². The Balaban J connectivity index is 2.44. The highest BCUT2D eigenvalue weighted by atomic mass is 32.2. The van der Waals surface area contributed by atoms with Crippen molar-refractivity contribution in [2.75, 3.05) is 19.8 Å². The maximum absolute atomic E-state index is 13.1. The Kier molecular flexibility index (Phi) is 4.29. The van der Waals surface area contributed by atoms with Crippen molar-refractivity contribution in [1.29, 1.82) is 0 Å². The molecule has 2 rings (SSSR count). The summed E-state index contributed by atoms with van der Waals surface area (Å²) in [5.41, 5.74) is 0.297. The van der Waals surface area contributed by atoms with E-state index in [0.29, 0.717) is 5.56 Å². The summed E-state index contributed by atoms with van der Waals surface area (Å²) in [6, 6.07) is 3.43. The smallest absolute Gasteiger partial charge is 0.245 e. The van der Waals surface area contributed by atoms with Gasteiger partial charge in [0, 0.05) is 6.54 Å². The van der Waals surface area contributed by atoms with Crippen LogP contribution >= 0.6 is 0 Å². The van der Waals surface area contributed by atoms with Crippen molar-refractivity contribution in [3.8, 4) is 0 Å². The first-order valence-electron chi connectivity index (χ1n) is 5.89. The number of ether oxygens (including phenoxy) is 1. The highest BCUT2D eigenvalue weighted by Crippen LogP contribution is 2.24. The van der Waals surface area contributed by atoms with E-state index in [1.165, 1.54) is 19.1 Å². The number of rotatable bonds is 3. The lowest BCUT2D eigenvalue weighted by atomic mass is 10.2. The second kappa shape index (κ2) is 5.80. The van der Waals surface area contributed by atoms with Crippen LogP contribution in [-0.4, -0.2) is 44.7 Å². The summed E-state index contributed by atoms with van der Waals surface area (Å²) >= 11 is 0. The number of morpholine rings is 1. The molecule has 108 valence electrons. The van der Waals surface area contributed by atoms with E-state index in [1.807, 2.05) is 0 Å². The summed E-state index contributed by atoms with van der Waals surface area (Å²) in [5, 5.41) is 0. The summed E-state index contributed by atoms with van der Waals surface area (Å²) in [7, 11) is -3.87. The second-order valence-electron chi connectivity index (χ2n) is 4.30. The Morgan fingerprint density at radius 1 is 1.50 bits per heavy atom. The lowest BCUT2D eigenvalue weighted by molar-refractivity contribution is 0.0359. The molecule has 20 heavy (non-hydrogen) atoms. The van der Waals surface area contributed by atoms with Gasteiger partial charge < -0.3 is 4.74 Å². The molecule has 1 aromatic rings. The van der Waals surface area contributed by atoms with Gasteiger partial charge in [0.15, 0.2) is 6.17 Å². The Hall–Kier alpha value is -1.60. The molecule has 0 aliphatic carbocycles. The van der Waals surface area contributed by atoms with Crippen molar-refractivity contribution < 1.29 is 22.3 Å². The quantitative estimate of drug-likeness (QED) is 0.611. The van der Waals surface area contributed by atoms with Crippen molar-refractivity contribution in [2.45, 2.75) is 18.0 Å². The monoisotopic (exact) mass is 300 g/mol. The highest BCUT2D eigenvalue weighted by molar-refractivity contribution is 7.89. The fourth-order valence-corrected chi connectivity index (χ4v) is 3.75. The highest BCUT2D eigenvalue weighted by Gasteiger charge is 2.35. The van der Waals surface area contributed by atoms with Gasteiger partial charge in [0.1, 0.15) is 5.82 Å². The lowest BCUT2D eigenvalue weighted by Gasteiger charge is -2.31. The average molecular weight is 300 g/mol. The van der Waals surface area contributed by atoms with Crippen molar-refractivity contribution in [3.63, 3.8) is 0 Å². The Labute approximate surface area is 115 Å². The molecular weight excluding hydrogens is 287 g/mol. The van der Waals surface area contributed by atoms with Crippen LogP contribution in [0.2, 0.25) is 0 Å². The zero-order chi connectivity index (χ0) is 14.8. The maximum atomic E-state index is 13.1. The minimum atomic E-state index is -3.87. The molecule has 0 amide bonds. The molecule has 1 unspecified atom stereocenters. The predicted octanol–water partition coefficient (Wildman–Crippen LogP) is 0.817. The Morgan fingerprint density at radius 2 is 2.25 bits per heavy atom. The number of sulfonamides is 1. The largest absolute Gasteiger partial charge is 0.376 e. The van der Waals surface area contributed by atoms with Crippen LogP contribution in [0.3, 0.4) is 0 Å². The first kappa shape index (κ1) is 14.8. The Morgan fingerprint density at radius 3 is 2.90 bits per heavy atom. The number of isocyanates is 1. The molecule has 1 heterocycles. The molecule has 0 aromatic heterocycles. The minimum absolute atomic E-state index is 0.00525. The molecule has 0 N–H and O–H groups in total. The Bertz CT molecular complexity index is 655. The van der Waals surface area contributed by atoms with Gasteiger partial charge in [-0.1, -0.05) is 0 Å². The topological polar surface area (TPSA) is 76.0 Å². The first-order valence-corrected chi connectivity index (χ1v) is 7.33. The van der Waals surface area contributed by atoms with Crippen LogP contribution in [0, 0.1) is 12.7 Å². The van der Waals surface area contributed by atoms with Crippen LogP contribution in [0.4, 0.5) is 4.39 Å². The van der Waals surface area contributed by atoms with Crippen LogP contribution in [0.5, 0.6) is 0 Å². The number of hydrogen-bond donors (Lipinski definition) is 0. The third-order valence-corrected chi connectivity index (χ3v) is 5.04. The third-order valence-electron chi connectivity index (χ3n) is 2.98. The van der Waals surface area contributed by atoms with E-state index in [9.17, 15) is 17.6 Å². The number of hydrogen-bond acceptors (Lipinski definition) is 5. The van der Waals surface area contributed by atoms with Gasteiger partial charge in [0.05, 0.1) is 18.1 Å². The summed E-state index contributed by atoms with van der Waals surface area (Å²) in [6.07, 6.45) is 0.409. The number of aliphatic imine (C=N–C) groups is 1. The van der Waals surface area contributed by atoms with Gasteiger partial charge in [-0.2, -0.15) is 9.30 Å². The molecule has 1 aliphatic rings. The van der Waals surface area contributed by atoms with Gasteiger partial charge in [0.25, 0.3) is 0 Å². The van der Waals surface area contributed by atoms with Crippen LogP contribution in [0.1, 0.15) is 5.56 Å². The van der Waals surface area contributed by atoms with E-state index >= 15 is 0 Å². The second-order valence-corrected chi connectivity index (χ2v) is 6.16. The number of halogens is 1. The number of carbonyl (C=O) groups excluding carboxylic acids is 1. The van der Waals surface area contributed by atoms with Gasteiger partial charge >= 0.3 is 0 Å². The van der Waals surface area contributed by atoms with Crippen LogP contribution in [-0.2, 0) is 19.6 Å². The molecule has 6 nitrogen and oxygen atoms in total. The van der Waals surface area contributed by atoms with Crippen molar-refractivity contribution in [1.82, 2.24) is 4.31 Å². The first-order chi connectivity index (χ1) is 9.46. The molecule has 0 spiro atoms. The minimum Gasteiger partial charge on any atom is -0.376 e. The van der Waals surface area contributed by atoms with Crippen molar-refractivity contribution >= 4 is 16.1 Å². The molecule has 1 saturated heterocycles. The molecule has 1 fully saturated rings. The maximum Gasteiger partial charge on any atom is 0.245 e. The zero-order valence-corrected chi connectivity index (χ0v) is 11.6. The van der Waals surface area contributed by atoms with E-state index in [2.05, 4.69) is 4.99 Å². The van der Waals surface area contributed by atoms with Gasteiger partial charge in [-0.3, -0.25) is 0 Å². The fourth-order valence-electron chi connectivity index (χ4n) is 2.05. The molecule has 0 radical (unpaired) electrons. The third kappa shape index (κ3) is 2.78. The van der Waals surface area contributed by atoms with E-state index < -0.39 is 22.0 Å². The molecule has 1 aliphatic heterocycles. The van der Waals surface area contributed by atoms with Crippen LogP contribution in [0.25, 0.3) is 0 Å². The summed E-state index contributed by atoms with van der Waals surface area (Å²) in [4.78, 5) is 13.8. The van der Waals surface area contributed by atoms with Gasteiger partial charge in [-0.15, -0.1) is 0 Å².